The Balaban J connectivity index is 1.60. The third-order valence-electron chi connectivity index (χ3n) is 4.30. The van der Waals surface area contributed by atoms with Crippen molar-refractivity contribution in [2.45, 2.75) is 26.3 Å². The van der Waals surface area contributed by atoms with E-state index >= 15 is 0 Å². The first kappa shape index (κ1) is 17.3. The molecule has 0 unspecified atom stereocenters. The summed E-state index contributed by atoms with van der Waals surface area (Å²) in [6.45, 7) is 5.11. The molecule has 0 spiro atoms. The Hall–Kier alpha value is -2.57. The number of ether oxygens (including phenoxy) is 1. The molecule has 3 rings (SSSR count). The fourth-order valence-electron chi connectivity index (χ4n) is 2.91. The molecule has 1 aromatic carbocycles. The molecule has 0 aliphatic carbocycles. The number of fused-ring (bicyclic) bond motifs is 1. The van der Waals surface area contributed by atoms with E-state index in [1.165, 1.54) is 11.1 Å². The molecule has 7 heteroatoms. The fraction of sp³-hybridized carbons (Fsp3) is 0.500. The molecular formula is C18H26N6O. The summed E-state index contributed by atoms with van der Waals surface area (Å²) < 4.78 is 7.35. The van der Waals surface area contributed by atoms with E-state index in [1.54, 1.807) is 11.0 Å². The molecular weight excluding hydrogens is 316 g/mol. The van der Waals surface area contributed by atoms with Gasteiger partial charge in [0.2, 0.25) is 0 Å². The van der Waals surface area contributed by atoms with Gasteiger partial charge in [0.1, 0.15) is 17.9 Å². The van der Waals surface area contributed by atoms with Crippen LogP contribution in [0.2, 0.25) is 0 Å². The number of rotatable bonds is 6. The van der Waals surface area contributed by atoms with Gasteiger partial charge < -0.3 is 15.0 Å². The number of nitrogens with zero attached hydrogens (tertiary/aromatic N) is 5. The predicted octanol–water partition coefficient (Wildman–Crippen LogP) is 1.39. The van der Waals surface area contributed by atoms with Crippen molar-refractivity contribution in [2.75, 3.05) is 26.7 Å². The van der Waals surface area contributed by atoms with Crippen LogP contribution in [-0.2, 0) is 26.4 Å². The highest BCUT2D eigenvalue weighted by Crippen LogP contribution is 2.25. The number of hydrogen-bond donors (Lipinski definition) is 1. The van der Waals surface area contributed by atoms with Crippen molar-refractivity contribution in [1.82, 2.24) is 25.0 Å². The van der Waals surface area contributed by atoms with E-state index in [2.05, 4.69) is 45.4 Å². The molecule has 0 atom stereocenters. The molecule has 0 saturated heterocycles. The Labute approximate surface area is 148 Å². The third kappa shape index (κ3) is 4.29. The van der Waals surface area contributed by atoms with Crippen LogP contribution in [0.4, 0.5) is 0 Å². The van der Waals surface area contributed by atoms with Crippen molar-refractivity contribution in [3.63, 3.8) is 0 Å². The topological polar surface area (TPSA) is 67.6 Å². The monoisotopic (exact) mass is 342 g/mol. The van der Waals surface area contributed by atoms with E-state index in [9.17, 15) is 0 Å². The lowest BCUT2D eigenvalue weighted by Gasteiger charge is -2.21. The van der Waals surface area contributed by atoms with E-state index in [0.717, 1.165) is 50.1 Å². The van der Waals surface area contributed by atoms with E-state index in [1.807, 2.05) is 14.1 Å². The molecule has 25 heavy (non-hydrogen) atoms. The zero-order valence-corrected chi connectivity index (χ0v) is 15.2. The van der Waals surface area contributed by atoms with Crippen LogP contribution < -0.4 is 10.1 Å². The van der Waals surface area contributed by atoms with Crippen molar-refractivity contribution in [3.05, 3.63) is 41.5 Å². The van der Waals surface area contributed by atoms with Gasteiger partial charge in [-0.2, -0.15) is 5.10 Å². The van der Waals surface area contributed by atoms with Crippen LogP contribution in [0.25, 0.3) is 0 Å². The zero-order valence-electron chi connectivity index (χ0n) is 15.2. The number of nitrogens with one attached hydrogen (secondary N) is 1. The molecule has 0 bridgehead atoms. The summed E-state index contributed by atoms with van der Waals surface area (Å²) in [6.07, 6.45) is 3.50. The Morgan fingerprint density at radius 3 is 3.08 bits per heavy atom. The van der Waals surface area contributed by atoms with Gasteiger partial charge in [-0.1, -0.05) is 12.1 Å². The molecule has 0 radical (unpaired) electrons. The van der Waals surface area contributed by atoms with Crippen molar-refractivity contribution < 1.29 is 4.74 Å². The van der Waals surface area contributed by atoms with E-state index in [4.69, 9.17) is 9.73 Å². The SMILES string of the molecule is CCNC(=NCCc1ccc2c(c1)CCO2)N(C)Cc1ncnn1C. The molecule has 2 aromatic rings. The van der Waals surface area contributed by atoms with Gasteiger partial charge in [0, 0.05) is 33.6 Å². The highest BCUT2D eigenvalue weighted by molar-refractivity contribution is 5.79. The first-order chi connectivity index (χ1) is 12.2. The Bertz CT molecular complexity index is 739. The van der Waals surface area contributed by atoms with Gasteiger partial charge >= 0.3 is 0 Å². The van der Waals surface area contributed by atoms with Gasteiger partial charge in [0.15, 0.2) is 5.96 Å². The molecule has 1 aliphatic heterocycles. The molecule has 1 aromatic heterocycles. The highest BCUT2D eigenvalue weighted by atomic mass is 16.5. The zero-order chi connectivity index (χ0) is 17.6. The molecule has 0 fully saturated rings. The largest absolute Gasteiger partial charge is 0.493 e. The smallest absolute Gasteiger partial charge is 0.194 e. The molecule has 0 saturated carbocycles. The van der Waals surface area contributed by atoms with Crippen LogP contribution in [0.1, 0.15) is 23.9 Å². The summed E-state index contributed by atoms with van der Waals surface area (Å²) in [6, 6.07) is 6.46. The minimum absolute atomic E-state index is 0.665. The lowest BCUT2D eigenvalue weighted by Crippen LogP contribution is -2.39. The van der Waals surface area contributed by atoms with Crippen LogP contribution in [0.3, 0.4) is 0 Å². The maximum absolute atomic E-state index is 5.56. The maximum Gasteiger partial charge on any atom is 0.194 e. The first-order valence-electron chi connectivity index (χ1n) is 8.74. The van der Waals surface area contributed by atoms with Crippen LogP contribution in [0.15, 0.2) is 29.5 Å². The van der Waals surface area contributed by atoms with Crippen molar-refractivity contribution in [1.29, 1.82) is 0 Å². The summed E-state index contributed by atoms with van der Waals surface area (Å²) in [5, 5.41) is 7.45. The molecule has 134 valence electrons. The van der Waals surface area contributed by atoms with Crippen molar-refractivity contribution in [2.24, 2.45) is 12.0 Å². The quantitative estimate of drug-likeness (QED) is 0.635. The first-order valence-corrected chi connectivity index (χ1v) is 8.74. The third-order valence-corrected chi connectivity index (χ3v) is 4.30. The lowest BCUT2D eigenvalue weighted by molar-refractivity contribution is 0.357. The predicted molar refractivity (Wildman–Crippen MR) is 97.8 cm³/mol. The lowest BCUT2D eigenvalue weighted by atomic mass is 10.1. The van der Waals surface area contributed by atoms with E-state index in [0.29, 0.717) is 6.54 Å². The number of hydrogen-bond acceptors (Lipinski definition) is 4. The summed E-state index contributed by atoms with van der Waals surface area (Å²) in [5.41, 5.74) is 2.62. The van der Waals surface area contributed by atoms with Crippen LogP contribution in [0.5, 0.6) is 5.75 Å². The molecule has 1 aliphatic rings. The second-order valence-corrected chi connectivity index (χ2v) is 6.18. The summed E-state index contributed by atoms with van der Waals surface area (Å²) in [5.74, 6) is 2.82. The van der Waals surface area contributed by atoms with Gasteiger partial charge in [-0.05, 0) is 30.5 Å². The molecule has 1 N–H and O–H groups in total. The average Bonchev–Trinajstić information content (AvgIpc) is 3.23. The number of aromatic nitrogens is 3. The number of aliphatic imine (C=N–C) groups is 1. The van der Waals surface area contributed by atoms with Gasteiger partial charge in [-0.25, -0.2) is 4.98 Å². The van der Waals surface area contributed by atoms with Crippen molar-refractivity contribution in [3.8, 4) is 5.75 Å². The number of benzene rings is 1. The highest BCUT2D eigenvalue weighted by Gasteiger charge is 2.12. The Morgan fingerprint density at radius 1 is 1.44 bits per heavy atom. The second kappa shape index (κ2) is 8.00. The standard InChI is InChI=1S/C18H26N6O/c1-4-19-18(23(2)12-17-21-13-22-24(17)3)20-9-7-14-5-6-16-15(11-14)8-10-25-16/h5-6,11,13H,4,7-10,12H2,1-3H3,(H,19,20). The fourth-order valence-corrected chi connectivity index (χ4v) is 2.91. The molecule has 2 heterocycles. The van der Waals surface area contributed by atoms with Gasteiger partial charge in [-0.3, -0.25) is 9.67 Å². The van der Waals surface area contributed by atoms with E-state index in [-0.39, 0.29) is 0 Å². The normalized spacial score (nSPS) is 13.5. The van der Waals surface area contributed by atoms with Crippen LogP contribution in [0, 0.1) is 0 Å². The average molecular weight is 342 g/mol. The summed E-state index contributed by atoms with van der Waals surface area (Å²) in [7, 11) is 3.92. The minimum atomic E-state index is 0.665. The van der Waals surface area contributed by atoms with Gasteiger partial charge in [-0.15, -0.1) is 0 Å². The number of guanidine groups is 1. The van der Waals surface area contributed by atoms with Crippen LogP contribution in [-0.4, -0.2) is 52.4 Å². The van der Waals surface area contributed by atoms with Gasteiger partial charge in [0.25, 0.3) is 0 Å². The summed E-state index contributed by atoms with van der Waals surface area (Å²) in [4.78, 5) is 11.1. The number of aryl methyl sites for hydroxylation is 1. The second-order valence-electron chi connectivity index (χ2n) is 6.18. The summed E-state index contributed by atoms with van der Waals surface area (Å²) >= 11 is 0. The Morgan fingerprint density at radius 2 is 2.32 bits per heavy atom. The minimum Gasteiger partial charge on any atom is -0.493 e. The Kier molecular flexibility index (Phi) is 5.53. The van der Waals surface area contributed by atoms with Crippen molar-refractivity contribution >= 4 is 5.96 Å². The van der Waals surface area contributed by atoms with E-state index < -0.39 is 0 Å². The molecule has 0 amide bonds. The maximum atomic E-state index is 5.56. The molecule has 7 nitrogen and oxygen atoms in total. The van der Waals surface area contributed by atoms with Gasteiger partial charge in [0.05, 0.1) is 13.2 Å². The van der Waals surface area contributed by atoms with Crippen LogP contribution >= 0.6 is 0 Å².